The van der Waals surface area contributed by atoms with Crippen molar-refractivity contribution in [2.24, 2.45) is 0 Å². The molecule has 0 spiro atoms. The first-order valence-corrected chi connectivity index (χ1v) is 10.9. The Bertz CT molecular complexity index is 984. The van der Waals surface area contributed by atoms with Crippen LogP contribution < -0.4 is 18.9 Å². The highest BCUT2D eigenvalue weighted by Crippen LogP contribution is 2.33. The first-order valence-electron chi connectivity index (χ1n) is 10.9. The molecule has 2 heterocycles. The number of carbonyl (C=O) groups is 2. The summed E-state index contributed by atoms with van der Waals surface area (Å²) in [5.74, 6) is 2.66. The van der Waals surface area contributed by atoms with Crippen molar-refractivity contribution in [2.45, 2.75) is 19.8 Å². The van der Waals surface area contributed by atoms with Crippen LogP contribution in [0.25, 0.3) is 0 Å². The summed E-state index contributed by atoms with van der Waals surface area (Å²) in [5.41, 5.74) is 1.59. The highest BCUT2D eigenvalue weighted by molar-refractivity contribution is 5.95. The zero-order chi connectivity index (χ0) is 22.5. The van der Waals surface area contributed by atoms with Gasteiger partial charge in [-0.3, -0.25) is 9.59 Å². The Morgan fingerprint density at radius 3 is 2.44 bits per heavy atom. The van der Waals surface area contributed by atoms with E-state index in [1.807, 2.05) is 30.0 Å². The molecular formula is C24H28N2O6. The molecule has 32 heavy (non-hydrogen) atoms. The molecule has 2 aliphatic rings. The predicted octanol–water partition coefficient (Wildman–Crippen LogP) is 2.74. The summed E-state index contributed by atoms with van der Waals surface area (Å²) in [6, 6.07) is 11.0. The van der Waals surface area contributed by atoms with Gasteiger partial charge in [-0.25, -0.2) is 0 Å². The number of methoxy groups -OCH3 is 1. The van der Waals surface area contributed by atoms with Gasteiger partial charge in [0.1, 0.15) is 0 Å². The van der Waals surface area contributed by atoms with E-state index < -0.39 is 0 Å². The summed E-state index contributed by atoms with van der Waals surface area (Å²) in [5, 5.41) is 0. The van der Waals surface area contributed by atoms with Gasteiger partial charge in [0.25, 0.3) is 5.91 Å². The van der Waals surface area contributed by atoms with E-state index in [9.17, 15) is 9.59 Å². The Kier molecular flexibility index (Phi) is 6.68. The average Bonchev–Trinajstić information content (AvgIpc) is 3.31. The van der Waals surface area contributed by atoms with Gasteiger partial charge in [0, 0.05) is 38.2 Å². The van der Waals surface area contributed by atoms with Crippen molar-refractivity contribution < 1.29 is 28.5 Å². The van der Waals surface area contributed by atoms with E-state index in [1.165, 1.54) is 0 Å². The molecule has 0 bridgehead atoms. The van der Waals surface area contributed by atoms with Gasteiger partial charge in [0.05, 0.1) is 13.7 Å². The van der Waals surface area contributed by atoms with E-state index in [-0.39, 0.29) is 18.6 Å². The van der Waals surface area contributed by atoms with Crippen LogP contribution in [-0.2, 0) is 11.2 Å². The number of carbonyl (C=O) groups excluding carboxylic acids is 2. The number of hydrogen-bond donors (Lipinski definition) is 0. The SMILES string of the molecule is CCOc1ccc(CCC(=O)N2CCN(C(=O)c3ccc4c(c3)OCO4)CC2)cc1OC. The molecule has 2 amide bonds. The van der Waals surface area contributed by atoms with E-state index in [0.29, 0.717) is 74.2 Å². The summed E-state index contributed by atoms with van der Waals surface area (Å²) in [4.78, 5) is 29.1. The molecule has 0 N–H and O–H groups in total. The first-order chi connectivity index (χ1) is 15.6. The lowest BCUT2D eigenvalue weighted by atomic mass is 10.1. The van der Waals surface area contributed by atoms with Crippen molar-refractivity contribution in [3.63, 3.8) is 0 Å². The summed E-state index contributed by atoms with van der Waals surface area (Å²) in [7, 11) is 1.61. The molecular weight excluding hydrogens is 412 g/mol. The molecule has 0 radical (unpaired) electrons. The molecule has 0 unspecified atom stereocenters. The van der Waals surface area contributed by atoms with Crippen LogP contribution in [-0.4, -0.2) is 68.3 Å². The molecule has 2 aliphatic heterocycles. The third-order valence-corrected chi connectivity index (χ3v) is 5.69. The minimum absolute atomic E-state index is 0.0584. The molecule has 0 atom stereocenters. The van der Waals surface area contributed by atoms with E-state index in [2.05, 4.69) is 0 Å². The summed E-state index contributed by atoms with van der Waals surface area (Å²) in [6.07, 6.45) is 1.03. The predicted molar refractivity (Wildman–Crippen MR) is 118 cm³/mol. The van der Waals surface area contributed by atoms with Crippen molar-refractivity contribution in [1.82, 2.24) is 9.80 Å². The molecule has 0 aromatic heterocycles. The van der Waals surface area contributed by atoms with Crippen LogP contribution >= 0.6 is 0 Å². The lowest BCUT2D eigenvalue weighted by Crippen LogP contribution is -2.50. The molecule has 1 saturated heterocycles. The van der Waals surface area contributed by atoms with Crippen LogP contribution in [0.15, 0.2) is 36.4 Å². The molecule has 8 nitrogen and oxygen atoms in total. The Morgan fingerprint density at radius 2 is 1.69 bits per heavy atom. The van der Waals surface area contributed by atoms with Crippen molar-refractivity contribution in [3.8, 4) is 23.0 Å². The number of hydrogen-bond acceptors (Lipinski definition) is 6. The van der Waals surface area contributed by atoms with Gasteiger partial charge in [-0.15, -0.1) is 0 Å². The fourth-order valence-electron chi connectivity index (χ4n) is 3.92. The van der Waals surface area contributed by atoms with E-state index in [1.54, 1.807) is 30.2 Å². The zero-order valence-electron chi connectivity index (χ0n) is 18.5. The third-order valence-electron chi connectivity index (χ3n) is 5.69. The van der Waals surface area contributed by atoms with Gasteiger partial charge >= 0.3 is 0 Å². The maximum absolute atomic E-state index is 12.8. The third kappa shape index (κ3) is 4.74. The Balaban J connectivity index is 1.28. The summed E-state index contributed by atoms with van der Waals surface area (Å²) in [6.45, 7) is 4.75. The Morgan fingerprint density at radius 1 is 0.938 bits per heavy atom. The molecule has 170 valence electrons. The number of nitrogens with zero attached hydrogens (tertiary/aromatic N) is 2. The molecule has 0 saturated carbocycles. The summed E-state index contributed by atoms with van der Waals surface area (Å²) >= 11 is 0. The molecule has 4 rings (SSSR count). The second-order valence-corrected chi connectivity index (χ2v) is 7.66. The normalized spacial score (nSPS) is 14.9. The maximum atomic E-state index is 12.8. The van der Waals surface area contributed by atoms with Crippen molar-refractivity contribution in [3.05, 3.63) is 47.5 Å². The van der Waals surface area contributed by atoms with E-state index in [4.69, 9.17) is 18.9 Å². The van der Waals surface area contributed by atoms with Crippen LogP contribution in [0, 0.1) is 0 Å². The molecule has 1 fully saturated rings. The molecule has 2 aromatic rings. The molecule has 0 aliphatic carbocycles. The van der Waals surface area contributed by atoms with Gasteiger partial charge in [-0.1, -0.05) is 6.07 Å². The van der Waals surface area contributed by atoms with Crippen LogP contribution in [0.5, 0.6) is 23.0 Å². The number of fused-ring (bicyclic) bond motifs is 1. The zero-order valence-corrected chi connectivity index (χ0v) is 18.5. The van der Waals surface area contributed by atoms with Gasteiger partial charge in [0.15, 0.2) is 23.0 Å². The van der Waals surface area contributed by atoms with Crippen molar-refractivity contribution in [2.75, 3.05) is 46.7 Å². The lowest BCUT2D eigenvalue weighted by molar-refractivity contribution is -0.132. The molecule has 8 heteroatoms. The number of benzene rings is 2. The van der Waals surface area contributed by atoms with Gasteiger partial charge < -0.3 is 28.7 Å². The van der Waals surface area contributed by atoms with Crippen LogP contribution in [0.2, 0.25) is 0 Å². The minimum Gasteiger partial charge on any atom is -0.493 e. The smallest absolute Gasteiger partial charge is 0.254 e. The van der Waals surface area contributed by atoms with Crippen molar-refractivity contribution in [1.29, 1.82) is 0 Å². The number of rotatable bonds is 7. The Hall–Kier alpha value is -3.42. The van der Waals surface area contributed by atoms with Gasteiger partial charge in [-0.05, 0) is 49.2 Å². The largest absolute Gasteiger partial charge is 0.493 e. The van der Waals surface area contributed by atoms with E-state index >= 15 is 0 Å². The second kappa shape index (κ2) is 9.80. The number of piperazine rings is 1. The minimum atomic E-state index is -0.0584. The van der Waals surface area contributed by atoms with Crippen LogP contribution in [0.3, 0.4) is 0 Å². The van der Waals surface area contributed by atoms with Crippen molar-refractivity contribution >= 4 is 11.8 Å². The second-order valence-electron chi connectivity index (χ2n) is 7.66. The monoisotopic (exact) mass is 440 g/mol. The van der Waals surface area contributed by atoms with E-state index in [0.717, 1.165) is 5.56 Å². The fraction of sp³-hybridized carbons (Fsp3) is 0.417. The Labute approximate surface area is 187 Å². The van der Waals surface area contributed by atoms with Gasteiger partial charge in [-0.2, -0.15) is 0 Å². The first kappa shape index (κ1) is 21.8. The highest BCUT2D eigenvalue weighted by atomic mass is 16.7. The highest BCUT2D eigenvalue weighted by Gasteiger charge is 2.26. The quantitative estimate of drug-likeness (QED) is 0.659. The fourth-order valence-corrected chi connectivity index (χ4v) is 3.92. The van der Waals surface area contributed by atoms with Crippen LogP contribution in [0.1, 0.15) is 29.3 Å². The topological polar surface area (TPSA) is 77.5 Å². The van der Waals surface area contributed by atoms with Crippen LogP contribution in [0.4, 0.5) is 0 Å². The molecule has 2 aromatic carbocycles. The number of amides is 2. The number of aryl methyl sites for hydroxylation is 1. The maximum Gasteiger partial charge on any atom is 0.254 e. The summed E-state index contributed by atoms with van der Waals surface area (Å²) < 4.78 is 21.6. The average molecular weight is 440 g/mol. The van der Waals surface area contributed by atoms with Gasteiger partial charge in [0.2, 0.25) is 12.7 Å². The number of ether oxygens (including phenoxy) is 4. The standard InChI is InChI=1S/C24H28N2O6/c1-3-30-19-7-4-17(14-21(19)29-2)5-9-23(27)25-10-12-26(13-11-25)24(28)18-6-8-20-22(15-18)32-16-31-20/h4,6-8,14-15H,3,5,9-13,16H2,1-2H3. The lowest BCUT2D eigenvalue weighted by Gasteiger charge is -2.35.